The monoisotopic (exact) mass is 474 g/mol. The number of allylic oxidation sites excluding steroid dienone is 6. The van der Waals surface area contributed by atoms with Crippen LogP contribution in [0.25, 0.3) is 0 Å². The Morgan fingerprint density at radius 3 is 2.45 bits per heavy atom. The lowest BCUT2D eigenvalue weighted by molar-refractivity contribution is -0.306. The highest BCUT2D eigenvalue weighted by Gasteiger charge is 2.32. The van der Waals surface area contributed by atoms with E-state index in [1.165, 1.54) is 0 Å². The number of rotatable bonds is 5. The first-order valence-corrected chi connectivity index (χ1v) is 9.61. The maximum atomic E-state index is 14.2. The normalized spacial score (nSPS) is 17.2. The van der Waals surface area contributed by atoms with Crippen LogP contribution in [0.5, 0.6) is 0 Å². The quantitative estimate of drug-likeness (QED) is 0.259. The van der Waals surface area contributed by atoms with Crippen LogP contribution in [0.2, 0.25) is 0 Å². The molecule has 0 unspecified atom stereocenters. The molecule has 0 aromatic rings. The zero-order valence-corrected chi connectivity index (χ0v) is 18.0. The van der Waals surface area contributed by atoms with Gasteiger partial charge in [0.05, 0.1) is 6.54 Å². The minimum Gasteiger partial charge on any atom is -0.444 e. The van der Waals surface area contributed by atoms with E-state index in [1.807, 2.05) is 0 Å². The number of amidine groups is 1. The standard InChI is InChI=1S/C21H23F5N4O3/c1-20(2,3)33-19(31)30-18(27)9-17(29-15-8-14(23)10-28-11-15)12-6-13(22)4-5-16(7-12)32-21(24,25)26/h4,6-10,28-29H,5,11H2,1-3H3,(H2,27,30,31)/b17-9-. The third-order valence-electron chi connectivity index (χ3n) is 3.73. The number of nitrogens with one attached hydrogen (secondary N) is 4. The first kappa shape index (κ1) is 25.7. The van der Waals surface area contributed by atoms with E-state index in [9.17, 15) is 26.7 Å². The van der Waals surface area contributed by atoms with Gasteiger partial charge >= 0.3 is 12.5 Å². The second-order valence-corrected chi connectivity index (χ2v) is 7.85. The van der Waals surface area contributed by atoms with Crippen LogP contribution in [0.1, 0.15) is 27.2 Å². The molecule has 0 saturated heterocycles. The van der Waals surface area contributed by atoms with Crippen molar-refractivity contribution in [1.82, 2.24) is 16.0 Å². The number of ether oxygens (including phenoxy) is 2. The minimum absolute atomic E-state index is 0.104. The van der Waals surface area contributed by atoms with Crippen molar-refractivity contribution in [1.29, 1.82) is 5.41 Å². The predicted octanol–water partition coefficient (Wildman–Crippen LogP) is 4.86. The molecule has 0 aromatic carbocycles. The molecular weight excluding hydrogens is 451 g/mol. The Kier molecular flexibility index (Phi) is 8.07. The number of hydrogen-bond acceptors (Lipinski definition) is 6. The number of halogens is 5. The maximum Gasteiger partial charge on any atom is 0.572 e. The van der Waals surface area contributed by atoms with Crippen molar-refractivity contribution in [3.63, 3.8) is 0 Å². The molecule has 4 N–H and O–H groups in total. The van der Waals surface area contributed by atoms with Crippen molar-refractivity contribution in [3.05, 3.63) is 71.0 Å². The number of amides is 1. The van der Waals surface area contributed by atoms with Gasteiger partial charge in [0.1, 0.15) is 28.8 Å². The number of alkyl halides is 3. The van der Waals surface area contributed by atoms with Gasteiger partial charge < -0.3 is 20.1 Å². The first-order chi connectivity index (χ1) is 15.2. The molecule has 180 valence electrons. The number of carbonyl (C=O) groups excluding carboxylic acids is 1. The molecule has 0 saturated carbocycles. The third-order valence-corrected chi connectivity index (χ3v) is 3.73. The second kappa shape index (κ2) is 10.4. The lowest BCUT2D eigenvalue weighted by Crippen LogP contribution is -2.36. The number of hydrogen-bond donors (Lipinski definition) is 4. The van der Waals surface area contributed by atoms with Crippen LogP contribution >= 0.6 is 0 Å². The molecule has 0 atom stereocenters. The summed E-state index contributed by atoms with van der Waals surface area (Å²) in [6.07, 6.45) is -0.476. The summed E-state index contributed by atoms with van der Waals surface area (Å²) in [5.41, 5.74) is -0.866. The SMILES string of the molecule is CC(C)(C)OC(=O)NC(=N)/C=C(\NC1=CC(F)=CNC1)C1=CC(F)=CCC(OC(F)(F)F)=C1. The Morgan fingerprint density at radius 2 is 1.85 bits per heavy atom. The highest BCUT2D eigenvalue weighted by atomic mass is 19.4. The largest absolute Gasteiger partial charge is 0.572 e. The number of carbonyl (C=O) groups is 1. The Hall–Kier alpha value is -3.57. The van der Waals surface area contributed by atoms with E-state index < -0.39 is 47.7 Å². The van der Waals surface area contributed by atoms with Crippen LogP contribution in [-0.4, -0.2) is 30.4 Å². The summed E-state index contributed by atoms with van der Waals surface area (Å²) in [4.78, 5) is 11.9. The van der Waals surface area contributed by atoms with Gasteiger partial charge in [0.15, 0.2) is 0 Å². The van der Waals surface area contributed by atoms with Gasteiger partial charge in [0.25, 0.3) is 0 Å². The molecule has 2 aliphatic rings. The molecule has 1 aliphatic carbocycles. The summed E-state index contributed by atoms with van der Waals surface area (Å²) in [5, 5.41) is 15.5. The summed E-state index contributed by atoms with van der Waals surface area (Å²) < 4.78 is 74.9. The Labute approximate surface area is 186 Å². The maximum absolute atomic E-state index is 14.2. The van der Waals surface area contributed by atoms with Crippen molar-refractivity contribution in [2.75, 3.05) is 6.54 Å². The van der Waals surface area contributed by atoms with E-state index in [2.05, 4.69) is 20.7 Å². The van der Waals surface area contributed by atoms with E-state index in [0.29, 0.717) is 0 Å². The highest BCUT2D eigenvalue weighted by molar-refractivity contribution is 6.01. The second-order valence-electron chi connectivity index (χ2n) is 7.85. The van der Waals surface area contributed by atoms with Crippen molar-refractivity contribution >= 4 is 11.9 Å². The predicted molar refractivity (Wildman–Crippen MR) is 111 cm³/mol. The van der Waals surface area contributed by atoms with Gasteiger partial charge in [-0.2, -0.15) is 0 Å². The lowest BCUT2D eigenvalue weighted by Gasteiger charge is -2.20. The summed E-state index contributed by atoms with van der Waals surface area (Å²) in [6, 6.07) is 0. The molecule has 0 bridgehead atoms. The van der Waals surface area contributed by atoms with Crippen molar-refractivity contribution < 1.29 is 36.2 Å². The van der Waals surface area contributed by atoms with Crippen LogP contribution < -0.4 is 16.0 Å². The van der Waals surface area contributed by atoms with Gasteiger partial charge in [0, 0.05) is 35.7 Å². The van der Waals surface area contributed by atoms with Crippen molar-refractivity contribution in [2.24, 2.45) is 0 Å². The van der Waals surface area contributed by atoms with Gasteiger partial charge in [-0.05, 0) is 45.1 Å². The minimum atomic E-state index is -5.00. The molecular formula is C21H23F5N4O3. The third kappa shape index (κ3) is 9.62. The number of alkyl carbamates (subject to hydrolysis) is 1. The van der Waals surface area contributed by atoms with E-state index in [1.54, 1.807) is 20.8 Å². The van der Waals surface area contributed by atoms with Gasteiger partial charge in [-0.3, -0.25) is 10.7 Å². The molecule has 0 radical (unpaired) electrons. The summed E-state index contributed by atoms with van der Waals surface area (Å²) in [5.74, 6) is -2.62. The molecule has 0 spiro atoms. The summed E-state index contributed by atoms with van der Waals surface area (Å²) in [6.45, 7) is 4.95. The molecule has 2 rings (SSSR count). The van der Waals surface area contributed by atoms with Crippen molar-refractivity contribution in [2.45, 2.75) is 39.2 Å². The average molecular weight is 474 g/mol. The molecule has 1 amide bonds. The zero-order valence-electron chi connectivity index (χ0n) is 18.0. The average Bonchev–Trinajstić information content (AvgIpc) is 2.79. The summed E-state index contributed by atoms with van der Waals surface area (Å²) >= 11 is 0. The molecule has 0 fully saturated rings. The molecule has 33 heavy (non-hydrogen) atoms. The fourth-order valence-electron chi connectivity index (χ4n) is 2.61. The van der Waals surface area contributed by atoms with Crippen LogP contribution in [0, 0.1) is 5.41 Å². The summed E-state index contributed by atoms with van der Waals surface area (Å²) in [7, 11) is 0. The van der Waals surface area contributed by atoms with Crippen LogP contribution in [0.4, 0.5) is 26.7 Å². The van der Waals surface area contributed by atoms with Gasteiger partial charge in [-0.15, -0.1) is 13.2 Å². The molecule has 7 nitrogen and oxygen atoms in total. The molecule has 1 aliphatic heterocycles. The lowest BCUT2D eigenvalue weighted by atomic mass is 10.1. The first-order valence-electron chi connectivity index (χ1n) is 9.61. The van der Waals surface area contributed by atoms with E-state index in [4.69, 9.17) is 10.1 Å². The Morgan fingerprint density at radius 1 is 1.15 bits per heavy atom. The topological polar surface area (TPSA) is 95.5 Å². The Balaban J connectivity index is 2.40. The smallest absolute Gasteiger partial charge is 0.444 e. The van der Waals surface area contributed by atoms with Crippen LogP contribution in [0.3, 0.4) is 0 Å². The molecule has 12 heteroatoms. The molecule has 1 heterocycles. The van der Waals surface area contributed by atoms with Crippen molar-refractivity contribution in [3.8, 4) is 0 Å². The van der Waals surface area contributed by atoms with Gasteiger partial charge in [-0.1, -0.05) is 0 Å². The fraction of sp³-hybridized carbons (Fsp3) is 0.333. The van der Waals surface area contributed by atoms with E-state index in [-0.39, 0.29) is 23.5 Å². The fourth-order valence-corrected chi connectivity index (χ4v) is 2.61. The van der Waals surface area contributed by atoms with Gasteiger partial charge in [0.2, 0.25) is 0 Å². The van der Waals surface area contributed by atoms with Gasteiger partial charge in [-0.25, -0.2) is 13.6 Å². The van der Waals surface area contributed by atoms with Crippen LogP contribution in [0.15, 0.2) is 71.0 Å². The molecule has 0 aromatic heterocycles. The highest BCUT2D eigenvalue weighted by Crippen LogP contribution is 2.28. The van der Waals surface area contributed by atoms with Crippen LogP contribution in [-0.2, 0) is 9.47 Å². The van der Waals surface area contributed by atoms with E-state index >= 15 is 0 Å². The number of dihydropyridines is 1. The van der Waals surface area contributed by atoms with E-state index in [0.717, 1.165) is 36.6 Å². The zero-order chi connectivity index (χ0) is 24.8. The Bertz CT molecular complexity index is 983.